The minimum absolute atomic E-state index is 0.0610. The molecule has 0 aliphatic carbocycles. The monoisotopic (exact) mass is 256 g/mol. The van der Waals surface area contributed by atoms with Gasteiger partial charge in [-0.1, -0.05) is 12.1 Å². The molecule has 1 aromatic heterocycles. The van der Waals surface area contributed by atoms with Gasteiger partial charge in [0.05, 0.1) is 6.42 Å². The van der Waals surface area contributed by atoms with Crippen LogP contribution in [0.4, 0.5) is 5.69 Å². The molecule has 2 aromatic rings. The number of hydrogen-bond acceptors (Lipinski definition) is 3. The summed E-state index contributed by atoms with van der Waals surface area (Å²) in [5, 5.41) is 12.1. The minimum atomic E-state index is -0.808. The van der Waals surface area contributed by atoms with Crippen LogP contribution in [0.2, 0.25) is 0 Å². The number of hydrogen-bond donors (Lipinski definition) is 2. The Balaban J connectivity index is 2.03. The molecule has 0 amide bonds. The van der Waals surface area contributed by atoms with E-state index >= 15 is 0 Å². The summed E-state index contributed by atoms with van der Waals surface area (Å²) in [7, 11) is 0. The average molecular weight is 256 g/mol. The summed E-state index contributed by atoms with van der Waals surface area (Å²) in [6.07, 6.45) is 3.59. The van der Waals surface area contributed by atoms with Gasteiger partial charge >= 0.3 is 5.97 Å². The third kappa shape index (κ3) is 3.81. The molecule has 1 heterocycles. The molecular weight excluding hydrogens is 240 g/mol. The lowest BCUT2D eigenvalue weighted by Crippen LogP contribution is -2.03. The molecule has 0 saturated carbocycles. The Labute approximate surface area is 112 Å². The summed E-state index contributed by atoms with van der Waals surface area (Å²) in [5.74, 6) is -0.808. The number of pyridine rings is 1. The number of nitrogens with one attached hydrogen (secondary N) is 1. The Morgan fingerprint density at radius 3 is 2.58 bits per heavy atom. The molecule has 19 heavy (non-hydrogen) atoms. The van der Waals surface area contributed by atoms with Crippen molar-refractivity contribution in [2.24, 2.45) is 0 Å². The quantitative estimate of drug-likeness (QED) is 0.863. The van der Waals surface area contributed by atoms with Gasteiger partial charge in [-0.2, -0.15) is 0 Å². The Morgan fingerprint density at radius 1 is 1.21 bits per heavy atom. The molecule has 0 aliphatic rings. The number of aromatic nitrogens is 1. The summed E-state index contributed by atoms with van der Waals surface area (Å²) < 4.78 is 0. The molecule has 2 N–H and O–H groups in total. The van der Waals surface area contributed by atoms with Crippen molar-refractivity contribution in [3.05, 3.63) is 59.4 Å². The first-order chi connectivity index (χ1) is 9.15. The van der Waals surface area contributed by atoms with Crippen LogP contribution in [0.25, 0.3) is 0 Å². The average Bonchev–Trinajstić information content (AvgIpc) is 2.38. The SMILES string of the molecule is Cc1cc(CC(=O)O)ccc1NCc1ccncc1. The van der Waals surface area contributed by atoms with Gasteiger partial charge in [0.2, 0.25) is 0 Å². The van der Waals surface area contributed by atoms with E-state index < -0.39 is 5.97 Å². The van der Waals surface area contributed by atoms with Gasteiger partial charge in [-0.15, -0.1) is 0 Å². The van der Waals surface area contributed by atoms with Crippen LogP contribution < -0.4 is 5.32 Å². The van der Waals surface area contributed by atoms with Gasteiger partial charge in [-0.25, -0.2) is 0 Å². The summed E-state index contributed by atoms with van der Waals surface area (Å²) in [6.45, 7) is 2.70. The van der Waals surface area contributed by atoms with Crippen molar-refractivity contribution in [3.63, 3.8) is 0 Å². The van der Waals surface area contributed by atoms with Crippen molar-refractivity contribution in [3.8, 4) is 0 Å². The van der Waals surface area contributed by atoms with E-state index in [9.17, 15) is 4.79 Å². The minimum Gasteiger partial charge on any atom is -0.481 e. The highest BCUT2D eigenvalue weighted by atomic mass is 16.4. The van der Waals surface area contributed by atoms with E-state index in [0.717, 1.165) is 28.9 Å². The van der Waals surface area contributed by atoms with Gasteiger partial charge in [-0.3, -0.25) is 9.78 Å². The van der Waals surface area contributed by atoms with Gasteiger partial charge in [-0.05, 0) is 41.8 Å². The predicted molar refractivity (Wildman–Crippen MR) is 74.1 cm³/mol. The van der Waals surface area contributed by atoms with E-state index in [1.807, 2.05) is 37.3 Å². The molecule has 0 spiro atoms. The zero-order valence-corrected chi connectivity index (χ0v) is 10.8. The molecule has 4 nitrogen and oxygen atoms in total. The van der Waals surface area contributed by atoms with Gasteiger partial charge < -0.3 is 10.4 Å². The number of carbonyl (C=O) groups is 1. The standard InChI is InChI=1S/C15H16N2O2/c1-11-8-13(9-15(18)19)2-3-14(11)17-10-12-4-6-16-7-5-12/h2-8,17H,9-10H2,1H3,(H,18,19). The fraction of sp³-hybridized carbons (Fsp3) is 0.200. The Bertz CT molecular complexity index is 568. The van der Waals surface area contributed by atoms with Gasteiger partial charge in [0, 0.05) is 24.6 Å². The lowest BCUT2D eigenvalue weighted by Gasteiger charge is -2.10. The van der Waals surface area contributed by atoms with Crippen molar-refractivity contribution < 1.29 is 9.90 Å². The zero-order chi connectivity index (χ0) is 13.7. The number of aliphatic carboxylic acids is 1. The molecule has 2 rings (SSSR count). The van der Waals surface area contributed by atoms with Crippen LogP contribution in [0, 0.1) is 6.92 Å². The Hall–Kier alpha value is -2.36. The van der Waals surface area contributed by atoms with E-state index in [-0.39, 0.29) is 6.42 Å². The maximum absolute atomic E-state index is 10.7. The summed E-state index contributed by atoms with van der Waals surface area (Å²) in [4.78, 5) is 14.6. The third-order valence-electron chi connectivity index (χ3n) is 2.88. The number of rotatable bonds is 5. The molecule has 0 aliphatic heterocycles. The molecule has 0 radical (unpaired) electrons. The number of carboxylic acids is 1. The van der Waals surface area contributed by atoms with E-state index in [0.29, 0.717) is 0 Å². The smallest absolute Gasteiger partial charge is 0.307 e. The molecule has 4 heteroatoms. The number of aryl methyl sites for hydroxylation is 1. The van der Waals surface area contributed by atoms with Crippen LogP contribution in [0.5, 0.6) is 0 Å². The molecule has 0 saturated heterocycles. The molecule has 98 valence electrons. The van der Waals surface area contributed by atoms with E-state index in [2.05, 4.69) is 10.3 Å². The molecule has 0 unspecified atom stereocenters. The highest BCUT2D eigenvalue weighted by molar-refractivity contribution is 5.70. The number of anilines is 1. The van der Waals surface area contributed by atoms with Gasteiger partial charge in [0.25, 0.3) is 0 Å². The van der Waals surface area contributed by atoms with Crippen LogP contribution in [0.1, 0.15) is 16.7 Å². The third-order valence-corrected chi connectivity index (χ3v) is 2.88. The summed E-state index contributed by atoms with van der Waals surface area (Å²) in [5.41, 5.74) is 4.04. The second kappa shape index (κ2) is 6.00. The lowest BCUT2D eigenvalue weighted by atomic mass is 10.1. The summed E-state index contributed by atoms with van der Waals surface area (Å²) >= 11 is 0. The van der Waals surface area contributed by atoms with Crippen molar-refractivity contribution in [2.75, 3.05) is 5.32 Å². The Kier molecular flexibility index (Phi) is 4.13. The summed E-state index contributed by atoms with van der Waals surface area (Å²) in [6, 6.07) is 9.59. The number of nitrogens with zero attached hydrogens (tertiary/aromatic N) is 1. The fourth-order valence-corrected chi connectivity index (χ4v) is 1.91. The second-order valence-corrected chi connectivity index (χ2v) is 4.43. The topological polar surface area (TPSA) is 62.2 Å². The van der Waals surface area contributed by atoms with Crippen LogP contribution in [0.3, 0.4) is 0 Å². The first-order valence-corrected chi connectivity index (χ1v) is 6.09. The van der Waals surface area contributed by atoms with E-state index in [1.165, 1.54) is 0 Å². The van der Waals surface area contributed by atoms with Crippen LogP contribution in [0.15, 0.2) is 42.7 Å². The first kappa shape index (κ1) is 13.1. The largest absolute Gasteiger partial charge is 0.481 e. The lowest BCUT2D eigenvalue weighted by molar-refractivity contribution is -0.136. The molecule has 1 aromatic carbocycles. The highest BCUT2D eigenvalue weighted by Crippen LogP contribution is 2.17. The normalized spacial score (nSPS) is 10.2. The van der Waals surface area contributed by atoms with E-state index in [4.69, 9.17) is 5.11 Å². The highest BCUT2D eigenvalue weighted by Gasteiger charge is 2.03. The van der Waals surface area contributed by atoms with Crippen molar-refractivity contribution in [1.29, 1.82) is 0 Å². The van der Waals surface area contributed by atoms with Gasteiger partial charge in [0.1, 0.15) is 0 Å². The van der Waals surface area contributed by atoms with E-state index in [1.54, 1.807) is 12.4 Å². The molecule has 0 fully saturated rings. The van der Waals surface area contributed by atoms with Crippen molar-refractivity contribution >= 4 is 11.7 Å². The van der Waals surface area contributed by atoms with Crippen molar-refractivity contribution in [2.45, 2.75) is 19.9 Å². The number of carboxylic acid groups (broad SMARTS) is 1. The molecular formula is C15H16N2O2. The molecule has 0 atom stereocenters. The zero-order valence-electron chi connectivity index (χ0n) is 10.8. The predicted octanol–water partition coefficient (Wildman–Crippen LogP) is 2.63. The molecule has 0 bridgehead atoms. The second-order valence-electron chi connectivity index (χ2n) is 4.43. The fourth-order valence-electron chi connectivity index (χ4n) is 1.91. The van der Waals surface area contributed by atoms with Crippen LogP contribution >= 0.6 is 0 Å². The first-order valence-electron chi connectivity index (χ1n) is 6.09. The van der Waals surface area contributed by atoms with Crippen molar-refractivity contribution in [1.82, 2.24) is 4.98 Å². The van der Waals surface area contributed by atoms with Crippen LogP contribution in [-0.2, 0) is 17.8 Å². The number of benzene rings is 1. The maximum Gasteiger partial charge on any atom is 0.307 e. The maximum atomic E-state index is 10.7. The van der Waals surface area contributed by atoms with Crippen LogP contribution in [-0.4, -0.2) is 16.1 Å². The van der Waals surface area contributed by atoms with Gasteiger partial charge in [0.15, 0.2) is 0 Å². The Morgan fingerprint density at radius 2 is 1.95 bits per heavy atom.